The molecule has 4 aromatic rings. The normalized spacial score (nSPS) is 10.9. The number of benzene rings is 3. The lowest BCUT2D eigenvalue weighted by Crippen LogP contribution is -2.22. The van der Waals surface area contributed by atoms with Gasteiger partial charge in [0.2, 0.25) is 0 Å². The predicted molar refractivity (Wildman–Crippen MR) is 99.5 cm³/mol. The van der Waals surface area contributed by atoms with Gasteiger partial charge in [0.1, 0.15) is 0 Å². The van der Waals surface area contributed by atoms with Gasteiger partial charge in [0.15, 0.2) is 0 Å². The van der Waals surface area contributed by atoms with Gasteiger partial charge in [-0.1, -0.05) is 84.9 Å². The predicted octanol–water partition coefficient (Wildman–Crippen LogP) is 2.86. The minimum atomic E-state index is -0.667. The molecule has 0 aliphatic heterocycles. The zero-order valence-corrected chi connectivity index (χ0v) is 13.8. The molecule has 0 radical (unpaired) electrons. The first-order valence-corrected chi connectivity index (χ1v) is 9.08. The average molecular weight is 328 g/mol. The highest BCUT2D eigenvalue weighted by Crippen LogP contribution is 2.36. The van der Waals surface area contributed by atoms with Gasteiger partial charge in [-0.2, -0.15) is 0 Å². The molecule has 0 aliphatic carbocycles. The van der Waals surface area contributed by atoms with Crippen molar-refractivity contribution in [3.8, 4) is 11.3 Å². The maximum atomic E-state index is 4.17. The van der Waals surface area contributed by atoms with Gasteiger partial charge in [-0.05, 0) is 23.8 Å². The summed E-state index contributed by atoms with van der Waals surface area (Å²) in [6.45, 7) is 0. The van der Waals surface area contributed by atoms with E-state index in [0.717, 1.165) is 11.3 Å². The first-order valence-electron chi connectivity index (χ1n) is 7.74. The Morgan fingerprint density at radius 2 is 1.25 bits per heavy atom. The summed E-state index contributed by atoms with van der Waals surface area (Å²) in [5.74, 6) is 0. The van der Waals surface area contributed by atoms with E-state index < -0.39 is 7.92 Å². The van der Waals surface area contributed by atoms with Gasteiger partial charge in [-0.15, -0.1) is 0 Å². The molecule has 0 bridgehead atoms. The third-order valence-electron chi connectivity index (χ3n) is 3.83. The summed E-state index contributed by atoms with van der Waals surface area (Å²) < 4.78 is 0. The lowest BCUT2D eigenvalue weighted by molar-refractivity contribution is 0.912. The Morgan fingerprint density at radius 3 is 1.83 bits per heavy atom. The van der Waals surface area contributed by atoms with E-state index in [9.17, 15) is 0 Å². The van der Waals surface area contributed by atoms with Gasteiger partial charge < -0.3 is 15.4 Å². The number of hydrogen-bond donors (Lipinski definition) is 0. The van der Waals surface area contributed by atoms with Crippen LogP contribution >= 0.6 is 7.92 Å². The number of nitrogens with zero attached hydrogens (tertiary/aromatic N) is 3. The standard InChI is InChI=1S/C20H15N3P/c1-3-9-16(10-4-1)24(17-11-5-2-6-12-17)20-14-8-7-13-18(20)19-15-21-23-22-19/h1-15H/q-1. The summed E-state index contributed by atoms with van der Waals surface area (Å²) in [5.41, 5.74) is 1.92. The van der Waals surface area contributed by atoms with Crippen LogP contribution in [0.25, 0.3) is 11.3 Å². The van der Waals surface area contributed by atoms with Gasteiger partial charge in [-0.3, -0.25) is 0 Å². The van der Waals surface area contributed by atoms with Crippen molar-refractivity contribution in [3.05, 3.63) is 91.1 Å². The topological polar surface area (TPSA) is 39.9 Å². The average Bonchev–Trinajstić information content (AvgIpc) is 3.19. The molecule has 116 valence electrons. The van der Waals surface area contributed by atoms with E-state index in [1.165, 1.54) is 15.9 Å². The molecule has 4 heteroatoms. The zero-order valence-electron chi connectivity index (χ0n) is 12.9. The second-order valence-corrected chi connectivity index (χ2v) is 7.53. The summed E-state index contributed by atoms with van der Waals surface area (Å²) in [5, 5.41) is 15.7. The van der Waals surface area contributed by atoms with Crippen LogP contribution in [0.15, 0.2) is 91.1 Å². The maximum absolute atomic E-state index is 4.17. The van der Waals surface area contributed by atoms with Crippen molar-refractivity contribution in [2.24, 2.45) is 0 Å². The van der Waals surface area contributed by atoms with E-state index in [2.05, 4.69) is 94.3 Å². The highest BCUT2D eigenvalue weighted by molar-refractivity contribution is 7.80. The van der Waals surface area contributed by atoms with Crippen LogP contribution < -0.4 is 21.1 Å². The second-order valence-electron chi connectivity index (χ2n) is 5.34. The molecular weight excluding hydrogens is 313 g/mol. The fraction of sp³-hybridized carbons (Fsp3) is 0. The van der Waals surface area contributed by atoms with Crippen LogP contribution in [0.1, 0.15) is 0 Å². The van der Waals surface area contributed by atoms with Crippen LogP contribution in [0, 0.1) is 0 Å². The monoisotopic (exact) mass is 328 g/mol. The minimum absolute atomic E-state index is 0.667. The number of aromatic nitrogens is 3. The molecule has 0 saturated carbocycles. The van der Waals surface area contributed by atoms with E-state index in [4.69, 9.17) is 0 Å². The van der Waals surface area contributed by atoms with E-state index in [1.807, 2.05) is 6.07 Å². The molecule has 0 atom stereocenters. The Morgan fingerprint density at radius 1 is 0.667 bits per heavy atom. The first kappa shape index (κ1) is 14.8. The molecule has 1 heterocycles. The molecule has 1 aromatic heterocycles. The summed E-state index contributed by atoms with van der Waals surface area (Å²) >= 11 is 0. The summed E-state index contributed by atoms with van der Waals surface area (Å²) in [7, 11) is -0.667. The molecule has 0 unspecified atom stereocenters. The van der Waals surface area contributed by atoms with Gasteiger partial charge in [0, 0.05) is 11.8 Å². The minimum Gasteiger partial charge on any atom is -0.493 e. The van der Waals surface area contributed by atoms with Crippen LogP contribution in [-0.2, 0) is 0 Å². The zero-order chi connectivity index (χ0) is 16.2. The van der Waals surface area contributed by atoms with Crippen molar-refractivity contribution in [2.45, 2.75) is 0 Å². The molecule has 0 spiro atoms. The van der Waals surface area contributed by atoms with E-state index in [1.54, 1.807) is 6.20 Å². The molecule has 0 aliphatic rings. The smallest absolute Gasteiger partial charge is 0.0669 e. The van der Waals surface area contributed by atoms with Crippen molar-refractivity contribution in [2.75, 3.05) is 0 Å². The van der Waals surface area contributed by atoms with Gasteiger partial charge in [0.05, 0.1) is 5.69 Å². The quantitative estimate of drug-likeness (QED) is 0.541. The molecule has 4 rings (SSSR count). The Balaban J connectivity index is 1.93. The summed E-state index contributed by atoms with van der Waals surface area (Å²) in [4.78, 5) is 0. The van der Waals surface area contributed by atoms with Crippen molar-refractivity contribution in [3.63, 3.8) is 0 Å². The largest absolute Gasteiger partial charge is 0.493 e. The van der Waals surface area contributed by atoms with Crippen molar-refractivity contribution < 1.29 is 0 Å². The van der Waals surface area contributed by atoms with E-state index >= 15 is 0 Å². The van der Waals surface area contributed by atoms with E-state index in [0.29, 0.717) is 0 Å². The molecule has 0 fully saturated rings. The van der Waals surface area contributed by atoms with Crippen LogP contribution in [0.5, 0.6) is 0 Å². The van der Waals surface area contributed by atoms with Crippen molar-refractivity contribution in [1.82, 2.24) is 15.4 Å². The fourth-order valence-corrected chi connectivity index (χ4v) is 5.23. The molecule has 24 heavy (non-hydrogen) atoms. The van der Waals surface area contributed by atoms with Gasteiger partial charge in [-0.25, -0.2) is 0 Å². The Hall–Kier alpha value is -2.77. The Kier molecular flexibility index (Phi) is 4.18. The molecule has 3 aromatic carbocycles. The number of hydrogen-bond acceptors (Lipinski definition) is 2. The van der Waals surface area contributed by atoms with Crippen molar-refractivity contribution in [1.29, 1.82) is 0 Å². The lowest BCUT2D eigenvalue weighted by Gasteiger charge is -2.21. The molecule has 0 amide bonds. The molecule has 0 N–H and O–H groups in total. The Labute approximate surface area is 142 Å². The summed E-state index contributed by atoms with van der Waals surface area (Å²) in [6.07, 6.45) is 1.72. The molecule has 3 nitrogen and oxygen atoms in total. The molecule has 0 saturated heterocycles. The Bertz CT molecular complexity index is 867. The van der Waals surface area contributed by atoms with Crippen LogP contribution in [0.3, 0.4) is 0 Å². The van der Waals surface area contributed by atoms with Crippen LogP contribution in [0.2, 0.25) is 0 Å². The lowest BCUT2D eigenvalue weighted by atomic mass is 10.2. The van der Waals surface area contributed by atoms with Gasteiger partial charge >= 0.3 is 0 Å². The maximum Gasteiger partial charge on any atom is 0.0669 e. The number of rotatable bonds is 4. The SMILES string of the molecule is c1ccc(P(c2ccccc2)c2ccccc2-c2cn[n-]n2)cc1. The highest BCUT2D eigenvalue weighted by atomic mass is 31.1. The van der Waals surface area contributed by atoms with E-state index in [-0.39, 0.29) is 0 Å². The third kappa shape index (κ3) is 2.86. The molecular formula is C20H15N3P-. The third-order valence-corrected chi connectivity index (χ3v) is 6.33. The highest BCUT2D eigenvalue weighted by Gasteiger charge is 2.19. The fourth-order valence-electron chi connectivity index (χ4n) is 2.77. The van der Waals surface area contributed by atoms with Crippen LogP contribution in [0.4, 0.5) is 0 Å². The van der Waals surface area contributed by atoms with Crippen molar-refractivity contribution >= 4 is 23.8 Å². The summed E-state index contributed by atoms with van der Waals surface area (Å²) in [6, 6.07) is 29.7. The van der Waals surface area contributed by atoms with Crippen LogP contribution in [-0.4, -0.2) is 10.2 Å². The second kappa shape index (κ2) is 6.77. The van der Waals surface area contributed by atoms with Gasteiger partial charge in [0.25, 0.3) is 0 Å². The first-order chi connectivity index (χ1) is 11.9.